The second-order valence-corrected chi connectivity index (χ2v) is 9.86. The Morgan fingerprint density at radius 2 is 1.00 bits per heavy atom. The van der Waals surface area contributed by atoms with Crippen LogP contribution in [0.1, 0.15) is 13.8 Å². The average molecular weight is 369 g/mol. The number of hydrogen-bond donors (Lipinski definition) is 0. The van der Waals surface area contributed by atoms with E-state index in [9.17, 15) is 0 Å². The van der Waals surface area contributed by atoms with Crippen LogP contribution in [-0.4, -0.2) is 10.5 Å². The molecule has 0 spiro atoms. The van der Waals surface area contributed by atoms with Crippen LogP contribution in [0.3, 0.4) is 0 Å². The van der Waals surface area contributed by atoms with Crippen molar-refractivity contribution in [1.82, 2.24) is 4.44 Å². The summed E-state index contributed by atoms with van der Waals surface area (Å²) in [5.41, 5.74) is 0. The number of nitrogens with zero attached hydrogens (tertiary/aromatic N) is 1. The van der Waals surface area contributed by atoms with E-state index in [0.717, 1.165) is 5.30 Å². The van der Waals surface area contributed by atoms with Gasteiger partial charge in [0.1, 0.15) is 0 Å². The SMILES string of the molecule is CC(C)N(P(F)c1ccccc1)P(c1ccccc1)c1ccccc1. The normalized spacial score (nSPS) is 12.7. The van der Waals surface area contributed by atoms with Crippen molar-refractivity contribution < 1.29 is 4.20 Å². The summed E-state index contributed by atoms with van der Waals surface area (Å²) in [5, 5.41) is 3.13. The molecule has 0 fully saturated rings. The molecule has 0 radical (unpaired) electrons. The Bertz CT molecular complexity index is 726. The first-order valence-electron chi connectivity index (χ1n) is 8.38. The van der Waals surface area contributed by atoms with E-state index in [1.54, 1.807) is 0 Å². The summed E-state index contributed by atoms with van der Waals surface area (Å²) in [7, 11) is -2.83. The summed E-state index contributed by atoms with van der Waals surface area (Å²) >= 11 is 0. The van der Waals surface area contributed by atoms with Gasteiger partial charge in [-0.1, -0.05) is 91.0 Å². The number of hydrogen-bond acceptors (Lipinski definition) is 1. The van der Waals surface area contributed by atoms with E-state index in [1.165, 1.54) is 10.6 Å². The molecule has 4 heteroatoms. The Morgan fingerprint density at radius 3 is 1.36 bits per heavy atom. The zero-order valence-electron chi connectivity index (χ0n) is 14.5. The van der Waals surface area contributed by atoms with Gasteiger partial charge >= 0.3 is 0 Å². The molecule has 0 amide bonds. The van der Waals surface area contributed by atoms with Gasteiger partial charge in [0.15, 0.2) is 8.38 Å². The van der Waals surface area contributed by atoms with Crippen LogP contribution in [0.15, 0.2) is 91.0 Å². The molecular formula is C21H22FNP2. The molecule has 25 heavy (non-hydrogen) atoms. The molecular weight excluding hydrogens is 347 g/mol. The molecule has 0 heterocycles. The van der Waals surface area contributed by atoms with E-state index in [-0.39, 0.29) is 6.04 Å². The monoisotopic (exact) mass is 369 g/mol. The van der Waals surface area contributed by atoms with Gasteiger partial charge in [-0.3, -0.25) is 0 Å². The van der Waals surface area contributed by atoms with Crippen molar-refractivity contribution in [2.45, 2.75) is 19.9 Å². The molecule has 0 saturated carbocycles. The van der Waals surface area contributed by atoms with Crippen LogP contribution in [0.2, 0.25) is 0 Å². The first kappa shape index (κ1) is 18.2. The van der Waals surface area contributed by atoms with Crippen LogP contribution in [0.4, 0.5) is 4.20 Å². The lowest BCUT2D eigenvalue weighted by Gasteiger charge is -2.37. The first-order chi connectivity index (χ1) is 12.2. The van der Waals surface area contributed by atoms with E-state index in [4.69, 9.17) is 0 Å². The van der Waals surface area contributed by atoms with Crippen LogP contribution in [0.25, 0.3) is 0 Å². The minimum absolute atomic E-state index is 0.0999. The van der Waals surface area contributed by atoms with Gasteiger partial charge in [-0.25, -0.2) is 8.64 Å². The molecule has 0 bridgehead atoms. The summed E-state index contributed by atoms with van der Waals surface area (Å²) in [5.74, 6) is 0. The summed E-state index contributed by atoms with van der Waals surface area (Å²) < 4.78 is 17.8. The third kappa shape index (κ3) is 4.33. The van der Waals surface area contributed by atoms with E-state index in [2.05, 4.69) is 42.6 Å². The van der Waals surface area contributed by atoms with Crippen molar-refractivity contribution in [3.63, 3.8) is 0 Å². The van der Waals surface area contributed by atoms with E-state index in [1.807, 2.05) is 66.7 Å². The predicted octanol–water partition coefficient (Wildman–Crippen LogP) is 5.35. The van der Waals surface area contributed by atoms with Gasteiger partial charge in [0.2, 0.25) is 0 Å². The van der Waals surface area contributed by atoms with Crippen LogP contribution in [-0.2, 0) is 0 Å². The number of halogens is 1. The topological polar surface area (TPSA) is 3.24 Å². The molecule has 128 valence electrons. The summed E-state index contributed by atoms with van der Waals surface area (Å²) in [6, 6.07) is 30.3. The highest BCUT2D eigenvalue weighted by molar-refractivity contribution is 7.80. The third-order valence-electron chi connectivity index (χ3n) is 3.82. The molecule has 3 aromatic carbocycles. The predicted molar refractivity (Wildman–Crippen MR) is 110 cm³/mol. The zero-order chi connectivity index (χ0) is 17.6. The van der Waals surface area contributed by atoms with E-state index < -0.39 is 16.5 Å². The summed E-state index contributed by atoms with van der Waals surface area (Å²) in [4.78, 5) is 0. The second kappa shape index (κ2) is 8.68. The fourth-order valence-electron chi connectivity index (χ4n) is 2.71. The van der Waals surface area contributed by atoms with Crippen LogP contribution in [0, 0.1) is 0 Å². The molecule has 0 aliphatic heterocycles. The molecule has 0 aliphatic carbocycles. The Hall–Kier alpha value is -1.59. The minimum atomic E-state index is -1.90. The highest BCUT2D eigenvalue weighted by atomic mass is 31.2. The lowest BCUT2D eigenvalue weighted by Crippen LogP contribution is -2.31. The second-order valence-electron chi connectivity index (χ2n) is 5.99. The molecule has 0 aliphatic rings. The maximum atomic E-state index is 15.7. The summed E-state index contributed by atoms with van der Waals surface area (Å²) in [6.45, 7) is 4.16. The van der Waals surface area contributed by atoms with Gasteiger partial charge in [-0.15, -0.1) is 0 Å². The maximum Gasteiger partial charge on any atom is 0.193 e. The van der Waals surface area contributed by atoms with Crippen molar-refractivity contribution in [3.05, 3.63) is 91.0 Å². The van der Waals surface area contributed by atoms with Crippen molar-refractivity contribution >= 4 is 32.4 Å². The van der Waals surface area contributed by atoms with Gasteiger partial charge < -0.3 is 0 Å². The van der Waals surface area contributed by atoms with Crippen LogP contribution in [0.5, 0.6) is 0 Å². The molecule has 0 N–H and O–H groups in total. The van der Waals surface area contributed by atoms with Crippen molar-refractivity contribution in [1.29, 1.82) is 0 Å². The smallest absolute Gasteiger partial charge is 0.193 e. The Kier molecular flexibility index (Phi) is 6.32. The first-order valence-corrected chi connectivity index (χ1v) is 10.9. The molecule has 1 atom stereocenters. The minimum Gasteiger partial charge on any atom is -0.219 e. The number of rotatable bonds is 6. The molecule has 3 aromatic rings. The van der Waals surface area contributed by atoms with Gasteiger partial charge in [0.05, 0.1) is 0 Å². The van der Waals surface area contributed by atoms with Crippen molar-refractivity contribution in [3.8, 4) is 0 Å². The van der Waals surface area contributed by atoms with Gasteiger partial charge in [0, 0.05) is 19.4 Å². The zero-order valence-corrected chi connectivity index (χ0v) is 16.2. The fourth-order valence-corrected chi connectivity index (χ4v) is 7.47. The molecule has 1 nitrogen and oxygen atoms in total. The van der Waals surface area contributed by atoms with Gasteiger partial charge in [-0.05, 0) is 24.5 Å². The summed E-state index contributed by atoms with van der Waals surface area (Å²) in [6.07, 6.45) is 0. The maximum absolute atomic E-state index is 15.7. The Labute approximate surface area is 152 Å². The van der Waals surface area contributed by atoms with E-state index >= 15 is 4.20 Å². The van der Waals surface area contributed by atoms with E-state index in [0.29, 0.717) is 0 Å². The Balaban J connectivity index is 2.08. The van der Waals surface area contributed by atoms with Crippen molar-refractivity contribution in [2.75, 3.05) is 0 Å². The van der Waals surface area contributed by atoms with Gasteiger partial charge in [0.25, 0.3) is 0 Å². The standard InChI is InChI=1S/C21H22FNP2/c1-18(2)23(25(22)21-16-10-5-11-17-21)24(19-12-6-3-7-13-19)20-14-8-4-9-15-20/h3-18H,1-2H3. The van der Waals surface area contributed by atoms with Gasteiger partial charge in [-0.2, -0.15) is 0 Å². The third-order valence-corrected chi connectivity index (χ3v) is 8.82. The highest BCUT2D eigenvalue weighted by Crippen LogP contribution is 2.57. The lowest BCUT2D eigenvalue weighted by molar-refractivity contribution is 0.557. The van der Waals surface area contributed by atoms with Crippen LogP contribution < -0.4 is 15.9 Å². The fraction of sp³-hybridized carbons (Fsp3) is 0.143. The average Bonchev–Trinajstić information content (AvgIpc) is 2.67. The largest absolute Gasteiger partial charge is 0.219 e. The molecule has 0 saturated heterocycles. The number of benzene rings is 3. The Morgan fingerprint density at radius 1 is 0.640 bits per heavy atom. The van der Waals surface area contributed by atoms with Crippen LogP contribution >= 0.6 is 16.5 Å². The quantitative estimate of drug-likeness (QED) is 0.530. The lowest BCUT2D eigenvalue weighted by atomic mass is 10.4. The molecule has 1 unspecified atom stereocenters. The molecule has 3 rings (SSSR count). The molecule has 0 aromatic heterocycles. The highest BCUT2D eigenvalue weighted by Gasteiger charge is 2.32. The van der Waals surface area contributed by atoms with Crippen molar-refractivity contribution in [2.24, 2.45) is 0 Å².